The molecule has 100 valence electrons. The van der Waals surface area contributed by atoms with Crippen LogP contribution in [-0.4, -0.2) is 26.8 Å². The zero-order valence-electron chi connectivity index (χ0n) is 10.4. The van der Waals surface area contributed by atoms with E-state index in [1.165, 1.54) is 40.4 Å². The van der Waals surface area contributed by atoms with Gasteiger partial charge in [0.25, 0.3) is 0 Å². The molecule has 2 aromatic heterocycles. The van der Waals surface area contributed by atoms with Crippen LogP contribution in [0.4, 0.5) is 0 Å². The van der Waals surface area contributed by atoms with Crippen LogP contribution in [0.25, 0.3) is 10.2 Å². The average molecular weight is 294 g/mol. The minimum Gasteiger partial charge on any atom is -0.481 e. The van der Waals surface area contributed by atoms with E-state index in [2.05, 4.69) is 9.97 Å². The van der Waals surface area contributed by atoms with Crippen LogP contribution in [0.5, 0.6) is 0 Å². The van der Waals surface area contributed by atoms with Gasteiger partial charge in [0.15, 0.2) is 0 Å². The number of aromatic nitrogens is 2. The molecule has 0 aromatic carbocycles. The van der Waals surface area contributed by atoms with Crippen LogP contribution < -0.4 is 0 Å². The third-order valence-corrected chi connectivity index (χ3v) is 5.46. The zero-order chi connectivity index (χ0) is 13.2. The summed E-state index contributed by atoms with van der Waals surface area (Å²) in [5.74, 6) is -0.198. The Morgan fingerprint density at radius 2 is 2.21 bits per heavy atom. The summed E-state index contributed by atoms with van der Waals surface area (Å²) in [4.78, 5) is 21.8. The van der Waals surface area contributed by atoms with Gasteiger partial charge in [0, 0.05) is 16.0 Å². The Hall–Kier alpha value is -1.14. The summed E-state index contributed by atoms with van der Waals surface area (Å²) in [5.41, 5.74) is 1.41. The summed E-state index contributed by atoms with van der Waals surface area (Å²) >= 11 is 3.30. The van der Waals surface area contributed by atoms with Crippen LogP contribution >= 0.6 is 23.1 Å². The fourth-order valence-electron chi connectivity index (χ4n) is 2.41. The van der Waals surface area contributed by atoms with Gasteiger partial charge < -0.3 is 5.11 Å². The molecule has 0 radical (unpaired) electrons. The van der Waals surface area contributed by atoms with Crippen LogP contribution in [0.3, 0.4) is 0 Å². The van der Waals surface area contributed by atoms with E-state index in [4.69, 9.17) is 5.11 Å². The predicted molar refractivity (Wildman–Crippen MR) is 77.0 cm³/mol. The smallest absolute Gasteiger partial charge is 0.304 e. The molecule has 2 heterocycles. The maximum Gasteiger partial charge on any atom is 0.304 e. The number of thioether (sulfide) groups is 1. The summed E-state index contributed by atoms with van der Waals surface area (Å²) in [7, 11) is 0. The normalized spacial score (nSPS) is 14.5. The van der Waals surface area contributed by atoms with Crippen molar-refractivity contribution in [3.05, 3.63) is 16.8 Å². The topological polar surface area (TPSA) is 63.1 Å². The van der Waals surface area contributed by atoms with Crippen molar-refractivity contribution in [3.63, 3.8) is 0 Å². The monoisotopic (exact) mass is 294 g/mol. The highest BCUT2D eigenvalue weighted by Crippen LogP contribution is 2.39. The minimum absolute atomic E-state index is 0.169. The molecule has 1 N–H and O–H groups in total. The Kier molecular flexibility index (Phi) is 3.70. The van der Waals surface area contributed by atoms with Crippen molar-refractivity contribution in [1.82, 2.24) is 9.97 Å². The molecule has 1 aliphatic carbocycles. The Balaban J connectivity index is 1.95. The Labute approximate surface area is 119 Å². The van der Waals surface area contributed by atoms with Crippen LogP contribution in [0.1, 0.15) is 29.7 Å². The van der Waals surface area contributed by atoms with Gasteiger partial charge in [-0.25, -0.2) is 9.97 Å². The molecule has 2 aromatic rings. The molecular formula is C13H14N2O2S2. The summed E-state index contributed by atoms with van der Waals surface area (Å²) in [6.45, 7) is 0. The molecule has 0 fully saturated rings. The number of carboxylic acids is 1. The number of aryl methyl sites for hydroxylation is 2. The zero-order valence-corrected chi connectivity index (χ0v) is 12.0. The number of carboxylic acid groups (broad SMARTS) is 1. The van der Waals surface area contributed by atoms with Gasteiger partial charge in [-0.1, -0.05) is 0 Å². The van der Waals surface area contributed by atoms with Crippen molar-refractivity contribution in [2.75, 3.05) is 5.75 Å². The van der Waals surface area contributed by atoms with Crippen molar-refractivity contribution >= 4 is 39.3 Å². The highest BCUT2D eigenvalue weighted by atomic mass is 32.2. The molecular weight excluding hydrogens is 280 g/mol. The molecule has 0 amide bonds. The van der Waals surface area contributed by atoms with Gasteiger partial charge in [0.1, 0.15) is 16.2 Å². The molecule has 0 unspecified atom stereocenters. The van der Waals surface area contributed by atoms with Crippen molar-refractivity contribution in [2.24, 2.45) is 0 Å². The Bertz CT molecular complexity index is 624. The first kappa shape index (κ1) is 12.9. The lowest BCUT2D eigenvalue weighted by atomic mass is 9.97. The van der Waals surface area contributed by atoms with E-state index in [-0.39, 0.29) is 6.42 Å². The van der Waals surface area contributed by atoms with Crippen LogP contribution in [0, 0.1) is 0 Å². The molecule has 0 spiro atoms. The number of aliphatic carboxylic acids is 1. The fraction of sp³-hybridized carbons (Fsp3) is 0.462. The van der Waals surface area contributed by atoms with Crippen LogP contribution in [0.15, 0.2) is 11.4 Å². The summed E-state index contributed by atoms with van der Waals surface area (Å²) in [5, 5.41) is 10.8. The summed E-state index contributed by atoms with van der Waals surface area (Å²) in [6.07, 6.45) is 6.50. The fourth-order valence-corrected chi connectivity index (χ4v) is 4.66. The van der Waals surface area contributed by atoms with Gasteiger partial charge in [-0.2, -0.15) is 0 Å². The van der Waals surface area contributed by atoms with Crippen molar-refractivity contribution in [1.29, 1.82) is 0 Å². The van der Waals surface area contributed by atoms with E-state index in [1.54, 1.807) is 17.7 Å². The van der Waals surface area contributed by atoms with E-state index < -0.39 is 5.97 Å². The molecule has 0 saturated heterocycles. The highest BCUT2D eigenvalue weighted by molar-refractivity contribution is 7.99. The first-order valence-corrected chi connectivity index (χ1v) is 8.16. The van der Waals surface area contributed by atoms with E-state index in [1.807, 2.05) is 0 Å². The van der Waals surface area contributed by atoms with Crippen molar-refractivity contribution < 1.29 is 9.90 Å². The number of hydrogen-bond donors (Lipinski definition) is 1. The molecule has 0 aliphatic heterocycles. The number of thiophene rings is 1. The first-order valence-electron chi connectivity index (χ1n) is 6.35. The third-order valence-electron chi connectivity index (χ3n) is 3.27. The largest absolute Gasteiger partial charge is 0.481 e. The lowest BCUT2D eigenvalue weighted by molar-refractivity contribution is -0.136. The summed E-state index contributed by atoms with van der Waals surface area (Å²) in [6, 6.07) is 0. The van der Waals surface area contributed by atoms with Gasteiger partial charge >= 0.3 is 5.97 Å². The first-order chi connectivity index (χ1) is 9.25. The second-order valence-corrected chi connectivity index (χ2v) is 6.73. The Morgan fingerprint density at radius 1 is 1.37 bits per heavy atom. The van der Waals surface area contributed by atoms with E-state index >= 15 is 0 Å². The van der Waals surface area contributed by atoms with Gasteiger partial charge in [-0.05, 0) is 31.2 Å². The van der Waals surface area contributed by atoms with Crippen LogP contribution in [-0.2, 0) is 17.6 Å². The lowest BCUT2D eigenvalue weighted by Crippen LogP contribution is -2.00. The highest BCUT2D eigenvalue weighted by Gasteiger charge is 2.19. The second kappa shape index (κ2) is 5.46. The van der Waals surface area contributed by atoms with Gasteiger partial charge in [-0.15, -0.1) is 23.1 Å². The predicted octanol–water partition coefficient (Wildman–Crippen LogP) is 3.14. The van der Waals surface area contributed by atoms with E-state index in [0.29, 0.717) is 5.75 Å². The number of nitrogens with zero attached hydrogens (tertiary/aromatic N) is 2. The quantitative estimate of drug-likeness (QED) is 0.693. The molecule has 4 nitrogen and oxygen atoms in total. The molecule has 0 atom stereocenters. The van der Waals surface area contributed by atoms with Gasteiger partial charge in [0.05, 0.1) is 6.42 Å². The second-order valence-electron chi connectivity index (χ2n) is 4.56. The van der Waals surface area contributed by atoms with Crippen LogP contribution in [0.2, 0.25) is 0 Å². The van der Waals surface area contributed by atoms with Crippen molar-refractivity contribution in [2.45, 2.75) is 37.1 Å². The number of carbonyl (C=O) groups is 1. The minimum atomic E-state index is -0.759. The number of hydrogen-bond acceptors (Lipinski definition) is 5. The van der Waals surface area contributed by atoms with E-state index in [9.17, 15) is 4.79 Å². The number of fused-ring (bicyclic) bond motifs is 3. The lowest BCUT2D eigenvalue weighted by Gasteiger charge is -2.11. The third kappa shape index (κ3) is 2.60. The van der Waals surface area contributed by atoms with Crippen molar-refractivity contribution in [3.8, 4) is 0 Å². The summed E-state index contributed by atoms with van der Waals surface area (Å²) < 4.78 is 0. The standard InChI is InChI=1S/C13H14N2O2S2/c16-10(17)5-6-18-12-11-8-3-1-2-4-9(8)19-13(11)15-7-14-12/h7H,1-6H2,(H,16,17). The molecule has 0 saturated carbocycles. The maximum atomic E-state index is 10.6. The maximum absolute atomic E-state index is 10.6. The number of rotatable bonds is 4. The average Bonchev–Trinajstić information content (AvgIpc) is 2.77. The van der Waals surface area contributed by atoms with Gasteiger partial charge in [-0.3, -0.25) is 4.79 Å². The SMILES string of the molecule is O=C(O)CCSc1ncnc2sc3c(c12)CCCC3. The Morgan fingerprint density at radius 3 is 3.05 bits per heavy atom. The molecule has 3 rings (SSSR count). The molecule has 6 heteroatoms. The van der Waals surface area contributed by atoms with E-state index in [0.717, 1.165) is 22.7 Å². The molecule has 0 bridgehead atoms. The molecule has 1 aliphatic rings. The van der Waals surface area contributed by atoms with Gasteiger partial charge in [0.2, 0.25) is 0 Å². The molecule has 19 heavy (non-hydrogen) atoms.